The molecular formula is C20H31N3O. The monoisotopic (exact) mass is 329 g/mol. The summed E-state index contributed by atoms with van der Waals surface area (Å²) in [6.07, 6.45) is 13.8. The molecule has 24 heavy (non-hydrogen) atoms. The predicted molar refractivity (Wildman–Crippen MR) is 96.5 cm³/mol. The molecule has 2 fully saturated rings. The summed E-state index contributed by atoms with van der Waals surface area (Å²) in [5, 5.41) is 0. The van der Waals surface area contributed by atoms with Gasteiger partial charge in [0.05, 0.1) is 0 Å². The summed E-state index contributed by atoms with van der Waals surface area (Å²) < 4.78 is 0. The first-order valence-corrected chi connectivity index (χ1v) is 9.70. The quantitative estimate of drug-likeness (QED) is 0.802. The highest BCUT2D eigenvalue weighted by atomic mass is 16.2. The number of carbonyl (C=O) groups is 1. The third kappa shape index (κ3) is 5.30. The molecule has 2 aliphatic rings. The Balaban J connectivity index is 1.32. The number of piperazine rings is 1. The molecule has 0 spiro atoms. The van der Waals surface area contributed by atoms with E-state index in [2.05, 4.69) is 26.9 Å². The molecule has 0 bridgehead atoms. The van der Waals surface area contributed by atoms with Gasteiger partial charge in [0, 0.05) is 51.5 Å². The zero-order valence-electron chi connectivity index (χ0n) is 14.8. The molecule has 2 heterocycles. The van der Waals surface area contributed by atoms with Crippen LogP contribution in [0.15, 0.2) is 24.5 Å². The molecule has 1 aliphatic carbocycles. The van der Waals surface area contributed by atoms with E-state index in [0.29, 0.717) is 5.91 Å². The summed E-state index contributed by atoms with van der Waals surface area (Å²) >= 11 is 0. The SMILES string of the molecule is O=C(CCCC1CCCCC1)N1CCN(Cc2ccncc2)CC1. The van der Waals surface area contributed by atoms with Crippen LogP contribution in [-0.2, 0) is 11.3 Å². The van der Waals surface area contributed by atoms with Gasteiger partial charge in [-0.1, -0.05) is 32.1 Å². The average molecular weight is 329 g/mol. The molecule has 1 saturated heterocycles. The number of hydrogen-bond acceptors (Lipinski definition) is 3. The van der Waals surface area contributed by atoms with E-state index in [1.54, 1.807) is 0 Å². The molecule has 0 radical (unpaired) electrons. The molecule has 132 valence electrons. The first-order chi connectivity index (χ1) is 11.8. The van der Waals surface area contributed by atoms with Gasteiger partial charge < -0.3 is 4.90 Å². The maximum atomic E-state index is 12.4. The zero-order valence-corrected chi connectivity index (χ0v) is 14.8. The van der Waals surface area contributed by atoms with Gasteiger partial charge in [0.2, 0.25) is 5.91 Å². The van der Waals surface area contributed by atoms with Crippen molar-refractivity contribution in [2.75, 3.05) is 26.2 Å². The van der Waals surface area contributed by atoms with E-state index in [4.69, 9.17) is 0 Å². The molecule has 4 heteroatoms. The van der Waals surface area contributed by atoms with Crippen LogP contribution in [0.4, 0.5) is 0 Å². The third-order valence-electron chi connectivity index (χ3n) is 5.61. The molecular weight excluding hydrogens is 298 g/mol. The Morgan fingerprint density at radius 1 is 1.04 bits per heavy atom. The van der Waals surface area contributed by atoms with Gasteiger partial charge in [-0.05, 0) is 36.5 Å². The largest absolute Gasteiger partial charge is 0.340 e. The van der Waals surface area contributed by atoms with Crippen molar-refractivity contribution in [3.05, 3.63) is 30.1 Å². The van der Waals surface area contributed by atoms with Crippen molar-refractivity contribution in [2.45, 2.75) is 57.9 Å². The predicted octanol–water partition coefficient (Wildman–Crippen LogP) is 3.48. The van der Waals surface area contributed by atoms with Crippen molar-refractivity contribution in [1.82, 2.24) is 14.8 Å². The molecule has 0 aromatic carbocycles. The molecule has 1 saturated carbocycles. The third-order valence-corrected chi connectivity index (χ3v) is 5.61. The van der Waals surface area contributed by atoms with Crippen molar-refractivity contribution < 1.29 is 4.79 Å². The Labute approximate surface area is 146 Å². The van der Waals surface area contributed by atoms with Crippen LogP contribution in [0.3, 0.4) is 0 Å². The van der Waals surface area contributed by atoms with Crippen LogP contribution in [0, 0.1) is 5.92 Å². The Morgan fingerprint density at radius 2 is 1.75 bits per heavy atom. The lowest BCUT2D eigenvalue weighted by Crippen LogP contribution is -2.48. The second-order valence-corrected chi connectivity index (χ2v) is 7.41. The molecule has 1 amide bonds. The lowest BCUT2D eigenvalue weighted by atomic mass is 9.86. The van der Waals surface area contributed by atoms with Crippen LogP contribution in [0.2, 0.25) is 0 Å². The fourth-order valence-corrected chi connectivity index (χ4v) is 4.08. The maximum Gasteiger partial charge on any atom is 0.222 e. The average Bonchev–Trinajstić information content (AvgIpc) is 2.64. The number of amides is 1. The van der Waals surface area contributed by atoms with Crippen molar-refractivity contribution in [3.8, 4) is 0 Å². The second-order valence-electron chi connectivity index (χ2n) is 7.41. The van der Waals surface area contributed by atoms with Gasteiger partial charge in [0.25, 0.3) is 0 Å². The van der Waals surface area contributed by atoms with Gasteiger partial charge in [-0.15, -0.1) is 0 Å². The fourth-order valence-electron chi connectivity index (χ4n) is 4.08. The maximum absolute atomic E-state index is 12.4. The summed E-state index contributed by atoms with van der Waals surface area (Å²) in [6.45, 7) is 4.69. The van der Waals surface area contributed by atoms with E-state index < -0.39 is 0 Å². The van der Waals surface area contributed by atoms with Gasteiger partial charge >= 0.3 is 0 Å². The number of rotatable bonds is 6. The second kappa shape index (κ2) is 9.16. The lowest BCUT2D eigenvalue weighted by Gasteiger charge is -2.35. The molecule has 1 aromatic rings. The topological polar surface area (TPSA) is 36.4 Å². The number of aromatic nitrogens is 1. The van der Waals surface area contributed by atoms with Crippen molar-refractivity contribution in [1.29, 1.82) is 0 Å². The molecule has 1 aromatic heterocycles. The van der Waals surface area contributed by atoms with E-state index >= 15 is 0 Å². The molecule has 0 unspecified atom stereocenters. The molecule has 1 aliphatic heterocycles. The first kappa shape index (κ1) is 17.4. The molecule has 0 N–H and O–H groups in total. The summed E-state index contributed by atoms with van der Waals surface area (Å²) in [5.41, 5.74) is 1.30. The van der Waals surface area contributed by atoms with Crippen LogP contribution < -0.4 is 0 Å². The number of hydrogen-bond donors (Lipinski definition) is 0. The van der Waals surface area contributed by atoms with E-state index in [0.717, 1.165) is 51.5 Å². The minimum Gasteiger partial charge on any atom is -0.340 e. The van der Waals surface area contributed by atoms with E-state index in [9.17, 15) is 4.79 Å². The summed E-state index contributed by atoms with van der Waals surface area (Å²) in [6, 6.07) is 4.14. The normalized spacial score (nSPS) is 20.2. The van der Waals surface area contributed by atoms with Gasteiger partial charge in [-0.25, -0.2) is 0 Å². The minimum atomic E-state index is 0.370. The van der Waals surface area contributed by atoms with E-state index in [1.807, 2.05) is 12.4 Å². The number of pyridine rings is 1. The van der Waals surface area contributed by atoms with Crippen molar-refractivity contribution in [3.63, 3.8) is 0 Å². The van der Waals surface area contributed by atoms with Crippen LogP contribution in [0.25, 0.3) is 0 Å². The molecule has 0 atom stereocenters. The standard InChI is InChI=1S/C20H31N3O/c24-20(8-4-7-18-5-2-1-3-6-18)23-15-13-22(14-16-23)17-19-9-11-21-12-10-19/h9-12,18H,1-8,13-17H2. The van der Waals surface area contributed by atoms with E-state index in [1.165, 1.54) is 44.1 Å². The number of carbonyl (C=O) groups excluding carboxylic acids is 1. The summed E-state index contributed by atoms with van der Waals surface area (Å²) in [5.74, 6) is 1.26. The Hall–Kier alpha value is -1.42. The summed E-state index contributed by atoms with van der Waals surface area (Å²) in [7, 11) is 0. The Morgan fingerprint density at radius 3 is 2.46 bits per heavy atom. The van der Waals surface area contributed by atoms with Crippen molar-refractivity contribution >= 4 is 5.91 Å². The molecule has 3 rings (SSSR count). The molecule has 4 nitrogen and oxygen atoms in total. The highest BCUT2D eigenvalue weighted by Gasteiger charge is 2.21. The Bertz CT molecular complexity index is 491. The van der Waals surface area contributed by atoms with Gasteiger partial charge in [-0.2, -0.15) is 0 Å². The lowest BCUT2D eigenvalue weighted by molar-refractivity contribution is -0.133. The van der Waals surface area contributed by atoms with Crippen LogP contribution in [-0.4, -0.2) is 46.9 Å². The smallest absolute Gasteiger partial charge is 0.222 e. The number of nitrogens with zero attached hydrogens (tertiary/aromatic N) is 3. The summed E-state index contributed by atoms with van der Waals surface area (Å²) in [4.78, 5) is 21.0. The zero-order chi connectivity index (χ0) is 16.6. The van der Waals surface area contributed by atoms with Crippen molar-refractivity contribution in [2.24, 2.45) is 5.92 Å². The highest BCUT2D eigenvalue weighted by molar-refractivity contribution is 5.76. The van der Waals surface area contributed by atoms with Gasteiger partial charge in [0.15, 0.2) is 0 Å². The van der Waals surface area contributed by atoms with Gasteiger partial charge in [-0.3, -0.25) is 14.7 Å². The fraction of sp³-hybridized carbons (Fsp3) is 0.700. The Kier molecular flexibility index (Phi) is 6.65. The van der Waals surface area contributed by atoms with Crippen LogP contribution >= 0.6 is 0 Å². The van der Waals surface area contributed by atoms with Gasteiger partial charge in [0.1, 0.15) is 0 Å². The van der Waals surface area contributed by atoms with E-state index in [-0.39, 0.29) is 0 Å². The first-order valence-electron chi connectivity index (χ1n) is 9.70. The van der Waals surface area contributed by atoms with Crippen LogP contribution in [0.5, 0.6) is 0 Å². The minimum absolute atomic E-state index is 0.370. The van der Waals surface area contributed by atoms with Crippen LogP contribution in [0.1, 0.15) is 56.9 Å². The highest BCUT2D eigenvalue weighted by Crippen LogP contribution is 2.27.